The normalized spacial score (nSPS) is 13.0. The Labute approximate surface area is 439 Å². The number of benzene rings is 15. The van der Waals surface area contributed by atoms with E-state index >= 15 is 0 Å². The quantitative estimate of drug-likeness (QED) is 0.122. The van der Waals surface area contributed by atoms with E-state index in [-0.39, 0.29) is 0 Å². The number of aryl methyl sites for hydroxylation is 6. The lowest BCUT2D eigenvalue weighted by atomic mass is 9.80. The summed E-state index contributed by atoms with van der Waals surface area (Å²) < 4.78 is 0. The van der Waals surface area contributed by atoms with Crippen molar-refractivity contribution in [1.29, 1.82) is 0 Å². The zero-order valence-corrected chi connectivity index (χ0v) is 43.6. The molecule has 1 aliphatic carbocycles. The Hall–Kier alpha value is -8.84. The maximum Gasteiger partial charge on any atom is -0.000730 e. The van der Waals surface area contributed by atoms with Crippen LogP contribution in [0.25, 0.3) is 185 Å². The van der Waals surface area contributed by atoms with Crippen LogP contribution >= 0.6 is 0 Å². The molecule has 0 aromatic heterocycles. The van der Waals surface area contributed by atoms with Gasteiger partial charge in [-0.25, -0.2) is 0 Å². The smallest absolute Gasteiger partial charge is 0.000730 e. The molecular formula is C76H50. The highest BCUT2D eigenvalue weighted by atomic mass is 14.4. The summed E-state index contributed by atoms with van der Waals surface area (Å²) >= 11 is 0. The van der Waals surface area contributed by atoms with Crippen LogP contribution in [0.5, 0.6) is 0 Å². The van der Waals surface area contributed by atoms with Gasteiger partial charge in [0.25, 0.3) is 0 Å². The van der Waals surface area contributed by atoms with Gasteiger partial charge in [-0.05, 0) is 247 Å². The van der Waals surface area contributed by atoms with Crippen LogP contribution in [-0.4, -0.2) is 0 Å². The lowest BCUT2D eigenvalue weighted by molar-refractivity contribution is 1.16. The number of rotatable bonds is 4. The molecule has 0 radical (unpaired) electrons. The summed E-state index contributed by atoms with van der Waals surface area (Å²) in [6.45, 7) is 13.8. The average molecular weight is 963 g/mol. The third kappa shape index (κ3) is 4.73. The fourth-order valence-electron chi connectivity index (χ4n) is 16.3. The van der Waals surface area contributed by atoms with Crippen molar-refractivity contribution in [3.63, 3.8) is 0 Å². The number of hydrogen-bond acceptors (Lipinski definition) is 0. The van der Waals surface area contributed by atoms with E-state index in [0.29, 0.717) is 0 Å². The van der Waals surface area contributed by atoms with E-state index in [1.165, 1.54) is 218 Å². The van der Waals surface area contributed by atoms with Gasteiger partial charge in [0.2, 0.25) is 0 Å². The average Bonchev–Trinajstić information content (AvgIpc) is 4.28. The maximum absolute atomic E-state index is 2.50. The van der Waals surface area contributed by atoms with Gasteiger partial charge in [-0.3, -0.25) is 0 Å². The molecular weight excluding hydrogens is 913 g/mol. The van der Waals surface area contributed by atoms with Crippen LogP contribution in [0, 0.1) is 27.7 Å². The Balaban J connectivity index is 0.949. The van der Waals surface area contributed by atoms with E-state index in [9.17, 15) is 0 Å². The molecule has 0 N–H and O–H groups in total. The fourth-order valence-corrected chi connectivity index (χ4v) is 16.3. The molecule has 0 unspecified atom stereocenters. The molecule has 354 valence electrons. The molecule has 0 saturated carbocycles. The second-order valence-electron chi connectivity index (χ2n) is 22.8. The van der Waals surface area contributed by atoms with Crippen molar-refractivity contribution in [2.45, 2.75) is 54.4 Å². The lowest BCUT2D eigenvalue weighted by Crippen LogP contribution is -1.96. The summed E-state index contributed by atoms with van der Waals surface area (Å²) in [5, 5.41) is 36.0. The van der Waals surface area contributed by atoms with Crippen molar-refractivity contribution < 1.29 is 0 Å². The summed E-state index contributed by atoms with van der Waals surface area (Å²) in [6, 6.07) is 67.0. The van der Waals surface area contributed by atoms with Crippen molar-refractivity contribution in [3.8, 4) is 44.5 Å². The van der Waals surface area contributed by atoms with Gasteiger partial charge in [-0.15, -0.1) is 0 Å². The molecule has 76 heavy (non-hydrogen) atoms. The minimum Gasteiger partial charge on any atom is -0.0616 e. The van der Waals surface area contributed by atoms with Crippen molar-refractivity contribution in [1.82, 2.24) is 0 Å². The molecule has 0 heterocycles. The van der Waals surface area contributed by atoms with Gasteiger partial charge >= 0.3 is 0 Å². The second-order valence-corrected chi connectivity index (χ2v) is 22.8. The monoisotopic (exact) mass is 962 g/mol. The van der Waals surface area contributed by atoms with Crippen LogP contribution in [0.15, 0.2) is 170 Å². The predicted molar refractivity (Wildman–Crippen MR) is 332 cm³/mol. The molecule has 17 aromatic rings. The topological polar surface area (TPSA) is 0 Å². The van der Waals surface area contributed by atoms with Crippen LogP contribution in [-0.2, 0) is 12.8 Å². The molecule has 0 saturated heterocycles. The van der Waals surface area contributed by atoms with Crippen molar-refractivity contribution in [3.05, 3.63) is 203 Å². The molecule has 18 rings (SSSR count). The first kappa shape index (κ1) is 41.5. The highest BCUT2D eigenvalue weighted by molar-refractivity contribution is 6.48. The standard InChI is InChI=1S/C76H50/c1-7-42-63-56-17-11-13-41-14-12-18-57(62(41)56)64(63)43(8-2)66-59-32-28-53-49-24-26-51-55-30-34-61-74-60(33-29-54(72(55)74)50-25-23-48(69(49)70(50)51)52-27-31-58(65(42)66)73(59)71(52)53)75-67(44-21-19-37(3)35-39(44)5)46-15-9-10-16-47(46)68(76(61)75)45-22-20-38(4)36-40(45)6/h9-36H,7-8H2,1-6H3. The maximum atomic E-state index is 2.50. The van der Waals surface area contributed by atoms with Crippen LogP contribution < -0.4 is 0 Å². The van der Waals surface area contributed by atoms with Gasteiger partial charge in [0.15, 0.2) is 0 Å². The van der Waals surface area contributed by atoms with Crippen LogP contribution in [0.1, 0.15) is 47.2 Å². The first-order chi connectivity index (χ1) is 37.3. The Bertz CT molecular complexity index is 5180. The van der Waals surface area contributed by atoms with E-state index < -0.39 is 0 Å². The van der Waals surface area contributed by atoms with E-state index in [0.717, 1.165) is 12.8 Å². The Morgan fingerprint density at radius 2 is 0.553 bits per heavy atom. The summed E-state index contributed by atoms with van der Waals surface area (Å²) in [6.07, 6.45) is 1.97. The van der Waals surface area contributed by atoms with E-state index in [2.05, 4.69) is 211 Å². The van der Waals surface area contributed by atoms with Crippen molar-refractivity contribution in [2.75, 3.05) is 0 Å². The van der Waals surface area contributed by atoms with Crippen molar-refractivity contribution in [2.24, 2.45) is 0 Å². The SMILES string of the molecule is CCc1c2c3cccc4cccc(c2c(CC)c2c5ccc6c7ccc8c9ccc%10c%11c(ccc(c%12ccc(c%13ccc(c12)c5c%136)c7c%128)c%119)-c1c-%10c(-c2ccc(C)cc2C)c2ccccc2c1-c1ccc(C)cc1C)c43. The molecule has 1 aliphatic rings. The van der Waals surface area contributed by atoms with Gasteiger partial charge < -0.3 is 0 Å². The van der Waals surface area contributed by atoms with Gasteiger partial charge in [-0.2, -0.15) is 0 Å². The third-order valence-electron chi connectivity index (χ3n) is 19.1. The minimum atomic E-state index is 0.984. The lowest BCUT2D eigenvalue weighted by Gasteiger charge is -2.22. The zero-order valence-electron chi connectivity index (χ0n) is 43.6. The van der Waals surface area contributed by atoms with Gasteiger partial charge in [0.05, 0.1) is 0 Å². The molecule has 0 bridgehead atoms. The molecule has 0 amide bonds. The molecule has 0 nitrogen and oxygen atoms in total. The van der Waals surface area contributed by atoms with E-state index in [4.69, 9.17) is 0 Å². The summed E-state index contributed by atoms with van der Waals surface area (Å²) in [4.78, 5) is 0. The minimum absolute atomic E-state index is 0.984. The van der Waals surface area contributed by atoms with E-state index in [1.807, 2.05) is 0 Å². The second kappa shape index (κ2) is 14.1. The first-order valence-electron chi connectivity index (χ1n) is 27.6. The number of hydrogen-bond donors (Lipinski definition) is 0. The predicted octanol–water partition coefficient (Wildman–Crippen LogP) is 21.8. The summed E-state index contributed by atoms with van der Waals surface area (Å²) in [5.74, 6) is 0. The summed E-state index contributed by atoms with van der Waals surface area (Å²) in [7, 11) is 0. The zero-order chi connectivity index (χ0) is 50.3. The van der Waals surface area contributed by atoms with Crippen LogP contribution in [0.2, 0.25) is 0 Å². The Kier molecular flexibility index (Phi) is 7.70. The summed E-state index contributed by atoms with van der Waals surface area (Å²) in [5.41, 5.74) is 18.9. The molecule has 0 fully saturated rings. The van der Waals surface area contributed by atoms with Crippen LogP contribution in [0.3, 0.4) is 0 Å². The highest BCUT2D eigenvalue weighted by Gasteiger charge is 2.34. The van der Waals surface area contributed by atoms with Gasteiger partial charge in [0, 0.05) is 0 Å². The first-order valence-corrected chi connectivity index (χ1v) is 27.6. The highest BCUT2D eigenvalue weighted by Crippen LogP contribution is 2.61. The fraction of sp³-hybridized carbons (Fsp3) is 0.105. The molecule has 0 atom stereocenters. The Morgan fingerprint density at radius 1 is 0.237 bits per heavy atom. The number of fused-ring (bicyclic) bond motifs is 14. The molecule has 0 spiro atoms. The van der Waals surface area contributed by atoms with Gasteiger partial charge in [-0.1, -0.05) is 195 Å². The Morgan fingerprint density at radius 3 is 0.934 bits per heavy atom. The van der Waals surface area contributed by atoms with E-state index in [1.54, 1.807) is 0 Å². The van der Waals surface area contributed by atoms with Crippen LogP contribution in [0.4, 0.5) is 0 Å². The van der Waals surface area contributed by atoms with Crippen molar-refractivity contribution >= 4 is 140 Å². The molecule has 0 heteroatoms. The third-order valence-corrected chi connectivity index (χ3v) is 19.1. The van der Waals surface area contributed by atoms with Gasteiger partial charge in [0.1, 0.15) is 0 Å². The largest absolute Gasteiger partial charge is 0.0616 e. The molecule has 0 aliphatic heterocycles. The molecule has 17 aromatic carbocycles.